The number of anilines is 1. The van der Waals surface area contributed by atoms with Crippen molar-refractivity contribution in [2.24, 2.45) is 7.05 Å². The van der Waals surface area contributed by atoms with Crippen LogP contribution in [0.1, 0.15) is 26.7 Å². The van der Waals surface area contributed by atoms with E-state index in [9.17, 15) is 4.79 Å². The number of carbonyl (C=O) groups is 1. The number of hydrogen-bond acceptors (Lipinski definition) is 5. The van der Waals surface area contributed by atoms with E-state index in [1.54, 1.807) is 4.90 Å². The number of para-hydroxylation sites is 2. The number of carbonyl (C=O) groups excluding carboxylic acids is 1. The Morgan fingerprint density at radius 1 is 1.42 bits per heavy atom. The van der Waals surface area contributed by atoms with E-state index in [4.69, 9.17) is 5.26 Å². The number of aromatic nitrogens is 2. The zero-order chi connectivity index (χ0) is 18.7. The lowest BCUT2D eigenvalue weighted by Gasteiger charge is -2.28. The Balaban J connectivity index is 1.56. The number of amides is 1. The second-order valence-corrected chi connectivity index (χ2v) is 7.45. The minimum absolute atomic E-state index is 0.00939. The highest BCUT2D eigenvalue weighted by atomic mass is 16.2. The zero-order valence-corrected chi connectivity index (χ0v) is 15.6. The number of imidazole rings is 1. The zero-order valence-electron chi connectivity index (χ0n) is 15.6. The van der Waals surface area contributed by atoms with Crippen LogP contribution in [-0.4, -0.2) is 51.6 Å². The third-order valence-corrected chi connectivity index (χ3v) is 4.92. The summed E-state index contributed by atoms with van der Waals surface area (Å²) >= 11 is 0. The predicted octanol–water partition coefficient (Wildman–Crippen LogP) is 1.87. The van der Waals surface area contributed by atoms with E-state index in [-0.39, 0.29) is 24.0 Å². The predicted molar refractivity (Wildman–Crippen MR) is 102 cm³/mol. The van der Waals surface area contributed by atoms with Gasteiger partial charge in [0.15, 0.2) is 0 Å². The van der Waals surface area contributed by atoms with E-state index in [1.807, 2.05) is 49.7 Å². The molecule has 138 valence electrons. The molecule has 3 rings (SSSR count). The molecule has 1 aliphatic rings. The summed E-state index contributed by atoms with van der Waals surface area (Å²) in [4.78, 5) is 18.7. The van der Waals surface area contributed by atoms with Gasteiger partial charge in [-0.2, -0.15) is 5.26 Å². The van der Waals surface area contributed by atoms with Crippen molar-refractivity contribution < 1.29 is 4.79 Å². The van der Waals surface area contributed by atoms with Crippen LogP contribution in [0.5, 0.6) is 0 Å². The smallest absolute Gasteiger partial charge is 0.237 e. The molecule has 1 atom stereocenters. The Kier molecular flexibility index (Phi) is 5.14. The first-order valence-corrected chi connectivity index (χ1v) is 9.01. The van der Waals surface area contributed by atoms with Gasteiger partial charge in [0.25, 0.3) is 0 Å². The van der Waals surface area contributed by atoms with Gasteiger partial charge in [-0.25, -0.2) is 4.98 Å². The Bertz CT molecular complexity index is 834. The molecule has 0 unspecified atom stereocenters. The molecular weight excluding hydrogens is 328 g/mol. The maximum absolute atomic E-state index is 12.4. The minimum atomic E-state index is -0.296. The summed E-state index contributed by atoms with van der Waals surface area (Å²) in [6.45, 7) is 5.62. The number of fused-ring (bicyclic) bond motifs is 1. The van der Waals surface area contributed by atoms with E-state index in [0.29, 0.717) is 13.1 Å². The second kappa shape index (κ2) is 7.34. The van der Waals surface area contributed by atoms with E-state index in [1.165, 1.54) is 0 Å². The Morgan fingerprint density at radius 3 is 2.92 bits per heavy atom. The molecule has 0 radical (unpaired) electrons. The normalized spacial score (nSPS) is 17.5. The van der Waals surface area contributed by atoms with Gasteiger partial charge >= 0.3 is 0 Å². The molecule has 7 heteroatoms. The fourth-order valence-corrected chi connectivity index (χ4v) is 3.28. The highest BCUT2D eigenvalue weighted by Gasteiger charge is 2.29. The van der Waals surface area contributed by atoms with Crippen LogP contribution in [-0.2, 0) is 11.8 Å². The van der Waals surface area contributed by atoms with Gasteiger partial charge in [-0.05, 0) is 38.8 Å². The number of rotatable bonds is 6. The van der Waals surface area contributed by atoms with Gasteiger partial charge in [0.05, 0.1) is 23.6 Å². The van der Waals surface area contributed by atoms with E-state index >= 15 is 0 Å². The van der Waals surface area contributed by atoms with Crippen LogP contribution in [0, 0.1) is 11.3 Å². The molecule has 2 N–H and O–H groups in total. The van der Waals surface area contributed by atoms with Gasteiger partial charge in [-0.15, -0.1) is 0 Å². The topological polar surface area (TPSA) is 86.0 Å². The third kappa shape index (κ3) is 3.81. The lowest BCUT2D eigenvalue weighted by molar-refractivity contribution is -0.130. The molecule has 0 spiro atoms. The third-order valence-electron chi connectivity index (χ3n) is 4.92. The molecule has 0 bridgehead atoms. The summed E-state index contributed by atoms with van der Waals surface area (Å²) in [6.07, 6.45) is 1.68. The van der Waals surface area contributed by atoms with Crippen molar-refractivity contribution >= 4 is 22.9 Å². The molecular formula is C19H26N6O. The van der Waals surface area contributed by atoms with Crippen molar-refractivity contribution in [1.82, 2.24) is 19.8 Å². The molecule has 0 aliphatic carbocycles. The largest absolute Gasteiger partial charge is 0.354 e. The van der Waals surface area contributed by atoms with Gasteiger partial charge in [-0.1, -0.05) is 12.1 Å². The number of nitriles is 1. The molecule has 1 aromatic heterocycles. The summed E-state index contributed by atoms with van der Waals surface area (Å²) in [5.74, 6) is 0.793. The first kappa shape index (κ1) is 18.2. The van der Waals surface area contributed by atoms with Crippen molar-refractivity contribution in [1.29, 1.82) is 5.26 Å². The highest BCUT2D eigenvalue weighted by Crippen LogP contribution is 2.19. The molecule has 1 aromatic carbocycles. The number of hydrogen-bond donors (Lipinski definition) is 2. The number of nitrogens with zero attached hydrogens (tertiary/aromatic N) is 4. The maximum Gasteiger partial charge on any atom is 0.237 e. The Morgan fingerprint density at radius 2 is 2.19 bits per heavy atom. The average Bonchev–Trinajstić information content (AvgIpc) is 3.23. The van der Waals surface area contributed by atoms with Crippen molar-refractivity contribution in [2.45, 2.75) is 38.3 Å². The van der Waals surface area contributed by atoms with E-state index in [0.717, 1.165) is 29.8 Å². The van der Waals surface area contributed by atoms with Crippen LogP contribution in [0.25, 0.3) is 11.0 Å². The molecule has 7 nitrogen and oxygen atoms in total. The minimum Gasteiger partial charge on any atom is -0.354 e. The summed E-state index contributed by atoms with van der Waals surface area (Å²) in [5, 5.41) is 15.8. The van der Waals surface area contributed by atoms with Crippen LogP contribution in [0.2, 0.25) is 0 Å². The van der Waals surface area contributed by atoms with Crippen LogP contribution in [0.4, 0.5) is 5.95 Å². The van der Waals surface area contributed by atoms with Crippen LogP contribution < -0.4 is 10.6 Å². The molecule has 2 aromatic rings. The first-order chi connectivity index (χ1) is 12.4. The van der Waals surface area contributed by atoms with Crippen LogP contribution >= 0.6 is 0 Å². The van der Waals surface area contributed by atoms with Gasteiger partial charge in [0, 0.05) is 25.7 Å². The standard InChI is InChI=1S/C19H26N6O/c1-19(2,22-12-17(26)25-10-6-7-14(25)11-20)13-21-18-23-15-8-4-5-9-16(15)24(18)3/h4-5,8-9,14,22H,6-7,10,12-13H2,1-3H3,(H,21,23)/t14-/m0/s1. The summed E-state index contributed by atoms with van der Waals surface area (Å²) < 4.78 is 2.03. The van der Waals surface area contributed by atoms with Crippen molar-refractivity contribution in [2.75, 3.05) is 25.0 Å². The Labute approximate surface area is 154 Å². The Hall–Kier alpha value is -2.59. The molecule has 1 saturated heterocycles. The SMILES string of the molecule is Cn1c(NCC(C)(C)NCC(=O)N2CCC[C@H]2C#N)nc2ccccc21. The summed E-state index contributed by atoms with van der Waals surface area (Å²) in [6, 6.07) is 9.94. The number of nitrogens with one attached hydrogen (secondary N) is 2. The lowest BCUT2D eigenvalue weighted by Crippen LogP contribution is -2.50. The van der Waals surface area contributed by atoms with Gasteiger partial charge in [-0.3, -0.25) is 4.79 Å². The quantitative estimate of drug-likeness (QED) is 0.827. The van der Waals surface area contributed by atoms with Gasteiger partial charge in [0.1, 0.15) is 6.04 Å². The fraction of sp³-hybridized carbons (Fsp3) is 0.526. The highest BCUT2D eigenvalue weighted by molar-refractivity contribution is 5.79. The van der Waals surface area contributed by atoms with E-state index < -0.39 is 0 Å². The maximum atomic E-state index is 12.4. The van der Waals surface area contributed by atoms with Gasteiger partial charge < -0.3 is 20.1 Å². The lowest BCUT2D eigenvalue weighted by atomic mass is 10.1. The fourth-order valence-electron chi connectivity index (χ4n) is 3.28. The molecule has 2 heterocycles. The first-order valence-electron chi connectivity index (χ1n) is 9.01. The monoisotopic (exact) mass is 354 g/mol. The van der Waals surface area contributed by atoms with Crippen LogP contribution in [0.3, 0.4) is 0 Å². The average molecular weight is 354 g/mol. The number of benzene rings is 1. The van der Waals surface area contributed by atoms with Crippen molar-refractivity contribution in [3.05, 3.63) is 24.3 Å². The molecule has 1 amide bonds. The van der Waals surface area contributed by atoms with Crippen molar-refractivity contribution in [3.63, 3.8) is 0 Å². The summed E-state index contributed by atoms with van der Waals surface area (Å²) in [5.41, 5.74) is 1.73. The molecule has 26 heavy (non-hydrogen) atoms. The molecule has 1 fully saturated rings. The van der Waals surface area contributed by atoms with E-state index in [2.05, 4.69) is 21.7 Å². The molecule has 0 saturated carbocycles. The van der Waals surface area contributed by atoms with Crippen LogP contribution in [0.15, 0.2) is 24.3 Å². The molecule has 1 aliphatic heterocycles. The number of aryl methyl sites for hydroxylation is 1. The second-order valence-electron chi connectivity index (χ2n) is 7.45. The number of likely N-dealkylation sites (tertiary alicyclic amines) is 1. The summed E-state index contributed by atoms with van der Waals surface area (Å²) in [7, 11) is 1.98. The van der Waals surface area contributed by atoms with Gasteiger partial charge in [0.2, 0.25) is 11.9 Å². The van der Waals surface area contributed by atoms with Crippen molar-refractivity contribution in [3.8, 4) is 6.07 Å².